The molecule has 1 rings (SSSR count). The molecule has 20 heavy (non-hydrogen) atoms. The fourth-order valence-corrected chi connectivity index (χ4v) is 1.39. The van der Waals surface area contributed by atoms with Crippen molar-refractivity contribution in [1.82, 2.24) is 20.7 Å². The molecule has 0 spiro atoms. The van der Waals surface area contributed by atoms with E-state index in [1.54, 1.807) is 27.7 Å². The number of alkyl carbamates (subject to hydrolysis) is 1. The van der Waals surface area contributed by atoms with Crippen LogP contribution in [0.4, 0.5) is 4.79 Å². The van der Waals surface area contributed by atoms with Crippen molar-refractivity contribution < 1.29 is 19.1 Å². The van der Waals surface area contributed by atoms with Crippen molar-refractivity contribution in [3.05, 3.63) is 11.4 Å². The Bertz CT molecular complexity index is 464. The standard InChI is InChI=1S/C12H20N4O4/c1-5-19-10(17)9-8(14-16-15-9)6-7-13-11(18)20-12(2,3)4/h5-7H2,1-4H3,(H,13,18)(H,14,15,16). The molecule has 1 amide bonds. The molecule has 0 atom stereocenters. The van der Waals surface area contributed by atoms with Crippen molar-refractivity contribution in [2.24, 2.45) is 0 Å². The average Bonchev–Trinajstić information content (AvgIpc) is 2.75. The molecule has 0 aliphatic rings. The van der Waals surface area contributed by atoms with E-state index in [4.69, 9.17) is 9.47 Å². The maximum atomic E-state index is 11.6. The molecule has 0 saturated carbocycles. The van der Waals surface area contributed by atoms with Gasteiger partial charge in [0, 0.05) is 13.0 Å². The molecule has 0 radical (unpaired) electrons. The van der Waals surface area contributed by atoms with Crippen LogP contribution in [0.3, 0.4) is 0 Å². The molecular weight excluding hydrogens is 264 g/mol. The first-order valence-corrected chi connectivity index (χ1v) is 6.37. The summed E-state index contributed by atoms with van der Waals surface area (Å²) < 4.78 is 9.93. The highest BCUT2D eigenvalue weighted by molar-refractivity contribution is 5.88. The van der Waals surface area contributed by atoms with Gasteiger partial charge in [0.1, 0.15) is 5.60 Å². The summed E-state index contributed by atoms with van der Waals surface area (Å²) in [5.74, 6) is -0.534. The van der Waals surface area contributed by atoms with Crippen LogP contribution in [0, 0.1) is 0 Å². The van der Waals surface area contributed by atoms with Gasteiger partial charge in [0.2, 0.25) is 0 Å². The van der Waals surface area contributed by atoms with Crippen LogP contribution in [0.15, 0.2) is 0 Å². The summed E-state index contributed by atoms with van der Waals surface area (Å²) in [6.07, 6.45) is -0.164. The third kappa shape index (κ3) is 5.25. The Morgan fingerprint density at radius 2 is 2.00 bits per heavy atom. The summed E-state index contributed by atoms with van der Waals surface area (Å²) in [5.41, 5.74) is 0.0333. The molecule has 1 aromatic heterocycles. The van der Waals surface area contributed by atoms with E-state index in [1.807, 2.05) is 0 Å². The lowest BCUT2D eigenvalue weighted by Gasteiger charge is -2.19. The number of carbonyl (C=O) groups is 2. The zero-order valence-corrected chi connectivity index (χ0v) is 12.1. The molecule has 8 nitrogen and oxygen atoms in total. The molecule has 8 heteroatoms. The largest absolute Gasteiger partial charge is 0.461 e. The van der Waals surface area contributed by atoms with E-state index in [-0.39, 0.29) is 18.8 Å². The summed E-state index contributed by atoms with van der Waals surface area (Å²) in [6, 6.07) is 0. The second-order valence-electron chi connectivity index (χ2n) is 5.02. The Morgan fingerprint density at radius 1 is 1.30 bits per heavy atom. The van der Waals surface area contributed by atoms with Crippen molar-refractivity contribution in [2.45, 2.75) is 39.7 Å². The van der Waals surface area contributed by atoms with Gasteiger partial charge >= 0.3 is 12.1 Å². The van der Waals surface area contributed by atoms with E-state index in [9.17, 15) is 9.59 Å². The zero-order valence-electron chi connectivity index (χ0n) is 12.1. The van der Waals surface area contributed by atoms with Gasteiger partial charge in [-0.05, 0) is 27.7 Å². The molecular formula is C12H20N4O4. The molecule has 0 bridgehead atoms. The van der Waals surface area contributed by atoms with Gasteiger partial charge in [0.05, 0.1) is 12.3 Å². The Morgan fingerprint density at radius 3 is 2.60 bits per heavy atom. The van der Waals surface area contributed by atoms with Crippen molar-refractivity contribution in [3.63, 3.8) is 0 Å². The Balaban J connectivity index is 2.45. The third-order valence-electron chi connectivity index (χ3n) is 2.12. The normalized spacial score (nSPS) is 11.0. The zero-order chi connectivity index (χ0) is 15.2. The molecule has 0 saturated heterocycles. The van der Waals surface area contributed by atoms with Crippen LogP contribution in [0.5, 0.6) is 0 Å². The van der Waals surface area contributed by atoms with Gasteiger partial charge in [0.25, 0.3) is 0 Å². The van der Waals surface area contributed by atoms with Gasteiger partial charge in [0.15, 0.2) is 5.69 Å². The Kier molecular flexibility index (Phi) is 5.48. The Hall–Kier alpha value is -2.12. The van der Waals surface area contributed by atoms with Crippen LogP contribution in [0.1, 0.15) is 43.9 Å². The summed E-state index contributed by atoms with van der Waals surface area (Å²) in [7, 11) is 0. The molecule has 2 N–H and O–H groups in total. The van der Waals surface area contributed by atoms with Gasteiger partial charge in [-0.3, -0.25) is 0 Å². The van der Waals surface area contributed by atoms with Crippen LogP contribution >= 0.6 is 0 Å². The fraction of sp³-hybridized carbons (Fsp3) is 0.667. The maximum Gasteiger partial charge on any atom is 0.407 e. The number of nitrogens with one attached hydrogen (secondary N) is 2. The predicted octanol–water partition coefficient (Wildman–Crippen LogP) is 1.05. The van der Waals surface area contributed by atoms with Crippen LogP contribution < -0.4 is 5.32 Å². The molecule has 1 heterocycles. The fourth-order valence-electron chi connectivity index (χ4n) is 1.39. The highest BCUT2D eigenvalue weighted by Crippen LogP contribution is 2.07. The molecule has 0 aliphatic heterocycles. The lowest BCUT2D eigenvalue weighted by Crippen LogP contribution is -2.33. The second kappa shape index (κ2) is 6.88. The minimum Gasteiger partial charge on any atom is -0.461 e. The minimum atomic E-state index is -0.548. The summed E-state index contributed by atoms with van der Waals surface area (Å²) in [6.45, 7) is 7.60. The first-order valence-electron chi connectivity index (χ1n) is 6.37. The van der Waals surface area contributed by atoms with Crippen molar-refractivity contribution in [1.29, 1.82) is 0 Å². The topological polar surface area (TPSA) is 106 Å². The smallest absolute Gasteiger partial charge is 0.407 e. The average molecular weight is 284 g/mol. The first kappa shape index (κ1) is 15.9. The first-order chi connectivity index (χ1) is 9.33. The maximum absolute atomic E-state index is 11.6. The van der Waals surface area contributed by atoms with Crippen LogP contribution in [0.2, 0.25) is 0 Å². The van der Waals surface area contributed by atoms with E-state index in [0.717, 1.165) is 0 Å². The number of aromatic nitrogens is 3. The number of esters is 1. The lowest BCUT2D eigenvalue weighted by molar-refractivity contribution is 0.0515. The summed E-state index contributed by atoms with van der Waals surface area (Å²) >= 11 is 0. The molecule has 0 aliphatic carbocycles. The number of hydrogen-bond donors (Lipinski definition) is 2. The van der Waals surface area contributed by atoms with Gasteiger partial charge in [-0.2, -0.15) is 10.3 Å². The van der Waals surface area contributed by atoms with Crippen LogP contribution in [-0.2, 0) is 15.9 Å². The lowest BCUT2D eigenvalue weighted by atomic mass is 10.2. The van der Waals surface area contributed by atoms with E-state index < -0.39 is 17.7 Å². The molecule has 112 valence electrons. The number of ether oxygens (including phenoxy) is 2. The quantitative estimate of drug-likeness (QED) is 0.783. The van der Waals surface area contributed by atoms with Gasteiger partial charge in [-0.25, -0.2) is 9.59 Å². The number of rotatable bonds is 5. The molecule has 0 fully saturated rings. The van der Waals surface area contributed by atoms with Crippen molar-refractivity contribution in [3.8, 4) is 0 Å². The molecule has 0 unspecified atom stereocenters. The second-order valence-corrected chi connectivity index (χ2v) is 5.02. The number of amides is 1. The highest BCUT2D eigenvalue weighted by atomic mass is 16.6. The van der Waals surface area contributed by atoms with E-state index >= 15 is 0 Å². The van der Waals surface area contributed by atoms with Gasteiger partial charge in [-0.15, -0.1) is 5.10 Å². The van der Waals surface area contributed by atoms with E-state index in [2.05, 4.69) is 20.7 Å². The van der Waals surface area contributed by atoms with E-state index in [1.165, 1.54) is 0 Å². The number of nitrogens with zero attached hydrogens (tertiary/aromatic N) is 2. The van der Waals surface area contributed by atoms with Crippen LogP contribution in [0.25, 0.3) is 0 Å². The molecule has 1 aromatic rings. The minimum absolute atomic E-state index is 0.137. The third-order valence-corrected chi connectivity index (χ3v) is 2.12. The summed E-state index contributed by atoms with van der Waals surface area (Å²) in [4.78, 5) is 23.0. The Labute approximate surface area is 117 Å². The van der Waals surface area contributed by atoms with Gasteiger partial charge < -0.3 is 14.8 Å². The van der Waals surface area contributed by atoms with Crippen molar-refractivity contribution >= 4 is 12.1 Å². The highest BCUT2D eigenvalue weighted by Gasteiger charge is 2.18. The monoisotopic (exact) mass is 284 g/mol. The van der Waals surface area contributed by atoms with Gasteiger partial charge in [-0.1, -0.05) is 0 Å². The van der Waals surface area contributed by atoms with Crippen LogP contribution in [-0.4, -0.2) is 46.2 Å². The van der Waals surface area contributed by atoms with E-state index in [0.29, 0.717) is 12.1 Å². The summed E-state index contributed by atoms with van der Waals surface area (Å²) in [5, 5.41) is 12.5. The number of H-pyrrole nitrogens is 1. The number of carbonyl (C=O) groups excluding carboxylic acids is 2. The van der Waals surface area contributed by atoms with Crippen molar-refractivity contribution in [2.75, 3.05) is 13.2 Å². The molecule has 0 aromatic carbocycles. The number of aromatic amines is 1. The number of hydrogen-bond acceptors (Lipinski definition) is 6. The SMILES string of the molecule is CCOC(=O)c1n[nH]nc1CCNC(=O)OC(C)(C)C. The predicted molar refractivity (Wildman–Crippen MR) is 70.3 cm³/mol.